The fourth-order valence-corrected chi connectivity index (χ4v) is 3.45. The fourth-order valence-electron chi connectivity index (χ4n) is 3.45. The fraction of sp³-hybridized carbons (Fsp3) is 0.261. The summed E-state index contributed by atoms with van der Waals surface area (Å²) < 4.78 is 5.17. The Labute approximate surface area is 176 Å². The Hall–Kier alpha value is -3.45. The van der Waals surface area contributed by atoms with Crippen LogP contribution in [0.2, 0.25) is 0 Å². The molecule has 1 amide bonds. The van der Waals surface area contributed by atoms with Gasteiger partial charge >= 0.3 is 0 Å². The van der Waals surface area contributed by atoms with E-state index in [1.54, 1.807) is 19.4 Å². The topological polar surface area (TPSA) is 70.1 Å². The number of likely N-dealkylation sites (N-methyl/N-ethyl adjacent to an activating group) is 1. The molecule has 0 atom stereocenters. The number of rotatable bonds is 5. The first-order valence-corrected chi connectivity index (χ1v) is 9.95. The van der Waals surface area contributed by atoms with Crippen LogP contribution in [0, 0.1) is 0 Å². The first-order valence-electron chi connectivity index (χ1n) is 9.95. The predicted octanol–water partition coefficient (Wildman–Crippen LogP) is 3.08. The van der Waals surface area contributed by atoms with Gasteiger partial charge in [-0.05, 0) is 49.0 Å². The minimum absolute atomic E-state index is 0.0314. The quantitative estimate of drug-likeness (QED) is 0.524. The zero-order valence-corrected chi connectivity index (χ0v) is 17.2. The summed E-state index contributed by atoms with van der Waals surface area (Å²) in [6.45, 7) is 3.22. The molecule has 0 radical (unpaired) electrons. The molecule has 4 rings (SSSR count). The van der Waals surface area contributed by atoms with Crippen LogP contribution in [0.25, 0.3) is 10.9 Å². The highest BCUT2D eigenvalue weighted by atomic mass is 16.5. The van der Waals surface area contributed by atoms with E-state index in [0.29, 0.717) is 11.4 Å². The van der Waals surface area contributed by atoms with Crippen molar-refractivity contribution in [3.63, 3.8) is 0 Å². The lowest BCUT2D eigenvalue weighted by molar-refractivity contribution is 0.0666. The van der Waals surface area contributed by atoms with E-state index in [1.807, 2.05) is 53.4 Å². The average molecular weight is 403 g/mol. The summed E-state index contributed by atoms with van der Waals surface area (Å²) in [6, 6.07) is 17.1. The molecule has 0 saturated carbocycles. The molecule has 0 unspecified atom stereocenters. The number of aromatic nitrogens is 1. The van der Waals surface area contributed by atoms with Gasteiger partial charge in [-0.3, -0.25) is 10.2 Å². The smallest absolute Gasteiger partial charge is 0.254 e. The SMILES string of the molecule is COc1ccc(/C=N/Nc2cc(C(=O)N3CCN(C)CC3)c3ccccc3n2)cc1. The number of benzene rings is 2. The van der Waals surface area contributed by atoms with Gasteiger partial charge in [0.15, 0.2) is 0 Å². The van der Waals surface area contributed by atoms with E-state index < -0.39 is 0 Å². The largest absolute Gasteiger partial charge is 0.497 e. The second kappa shape index (κ2) is 8.92. The summed E-state index contributed by atoms with van der Waals surface area (Å²) in [5.74, 6) is 1.36. The molecule has 1 aliphatic rings. The molecule has 7 heteroatoms. The van der Waals surface area contributed by atoms with Crippen LogP contribution >= 0.6 is 0 Å². The van der Waals surface area contributed by atoms with Crippen molar-refractivity contribution >= 4 is 28.8 Å². The summed E-state index contributed by atoms with van der Waals surface area (Å²) in [5, 5.41) is 5.14. The number of para-hydroxylation sites is 1. The lowest BCUT2D eigenvalue weighted by Gasteiger charge is -2.32. The number of piperazine rings is 1. The van der Waals surface area contributed by atoms with Crippen molar-refractivity contribution in [1.82, 2.24) is 14.8 Å². The number of carbonyl (C=O) groups excluding carboxylic acids is 1. The van der Waals surface area contributed by atoms with Gasteiger partial charge in [0, 0.05) is 31.6 Å². The van der Waals surface area contributed by atoms with Gasteiger partial charge in [0.05, 0.1) is 24.4 Å². The van der Waals surface area contributed by atoms with Gasteiger partial charge < -0.3 is 14.5 Å². The minimum Gasteiger partial charge on any atom is -0.497 e. The van der Waals surface area contributed by atoms with E-state index in [1.165, 1.54) is 0 Å². The third-order valence-corrected chi connectivity index (χ3v) is 5.25. The number of carbonyl (C=O) groups is 1. The van der Waals surface area contributed by atoms with Gasteiger partial charge in [0.25, 0.3) is 5.91 Å². The number of fused-ring (bicyclic) bond motifs is 1. The number of nitrogens with zero attached hydrogens (tertiary/aromatic N) is 4. The molecular formula is C23H25N5O2. The van der Waals surface area contributed by atoms with E-state index in [4.69, 9.17) is 4.74 Å². The molecule has 1 aliphatic heterocycles. The molecule has 0 aliphatic carbocycles. The normalized spacial score (nSPS) is 14.9. The number of hydrogen-bond donors (Lipinski definition) is 1. The van der Waals surface area contributed by atoms with Crippen LogP contribution < -0.4 is 10.2 Å². The standard InChI is InChI=1S/C23H25N5O2/c1-27-11-13-28(14-12-27)23(29)20-15-22(25-21-6-4-3-5-19(20)21)26-24-16-17-7-9-18(30-2)10-8-17/h3-10,15-16H,11-14H2,1-2H3,(H,25,26)/b24-16+. The Morgan fingerprint density at radius 3 is 2.57 bits per heavy atom. The maximum absolute atomic E-state index is 13.2. The maximum Gasteiger partial charge on any atom is 0.254 e. The van der Waals surface area contributed by atoms with Crippen molar-refractivity contribution in [1.29, 1.82) is 0 Å². The molecule has 7 nitrogen and oxygen atoms in total. The van der Waals surface area contributed by atoms with Gasteiger partial charge in [-0.1, -0.05) is 18.2 Å². The number of nitrogens with one attached hydrogen (secondary N) is 1. The van der Waals surface area contributed by atoms with E-state index in [0.717, 1.165) is 48.4 Å². The van der Waals surface area contributed by atoms with Gasteiger partial charge in [-0.25, -0.2) is 4.98 Å². The average Bonchev–Trinajstić information content (AvgIpc) is 2.79. The second-order valence-corrected chi connectivity index (χ2v) is 7.31. The molecule has 0 spiro atoms. The molecule has 3 aromatic rings. The van der Waals surface area contributed by atoms with Gasteiger partial charge in [-0.15, -0.1) is 0 Å². The van der Waals surface area contributed by atoms with Crippen molar-refractivity contribution in [3.05, 3.63) is 65.7 Å². The van der Waals surface area contributed by atoms with Crippen LogP contribution in [-0.4, -0.2) is 67.2 Å². The second-order valence-electron chi connectivity index (χ2n) is 7.31. The number of amides is 1. The van der Waals surface area contributed by atoms with E-state index in [2.05, 4.69) is 27.5 Å². The number of hydrazone groups is 1. The Morgan fingerprint density at radius 1 is 1.10 bits per heavy atom. The number of pyridine rings is 1. The summed E-state index contributed by atoms with van der Waals surface area (Å²) in [5.41, 5.74) is 5.30. The van der Waals surface area contributed by atoms with Crippen LogP contribution in [0.15, 0.2) is 59.7 Å². The molecule has 1 aromatic heterocycles. The summed E-state index contributed by atoms with van der Waals surface area (Å²) in [4.78, 5) is 22.0. The zero-order valence-electron chi connectivity index (χ0n) is 17.2. The Balaban J connectivity index is 1.57. The summed E-state index contributed by atoms with van der Waals surface area (Å²) >= 11 is 0. The van der Waals surface area contributed by atoms with Crippen LogP contribution in [0.3, 0.4) is 0 Å². The first kappa shape index (κ1) is 19.8. The van der Waals surface area contributed by atoms with Crippen molar-refractivity contribution in [2.24, 2.45) is 5.10 Å². The Morgan fingerprint density at radius 2 is 1.83 bits per heavy atom. The van der Waals surface area contributed by atoms with Crippen molar-refractivity contribution in [3.8, 4) is 5.75 Å². The summed E-state index contributed by atoms with van der Waals surface area (Å²) in [7, 11) is 3.71. The van der Waals surface area contributed by atoms with Crippen molar-refractivity contribution in [2.75, 3.05) is 45.8 Å². The molecule has 1 fully saturated rings. The molecule has 1 saturated heterocycles. The molecule has 2 aromatic carbocycles. The highest BCUT2D eigenvalue weighted by Crippen LogP contribution is 2.23. The molecular weight excluding hydrogens is 378 g/mol. The Kier molecular flexibility index (Phi) is 5.90. The lowest BCUT2D eigenvalue weighted by Crippen LogP contribution is -2.47. The van der Waals surface area contributed by atoms with Crippen LogP contribution in [0.1, 0.15) is 15.9 Å². The maximum atomic E-state index is 13.2. The van der Waals surface area contributed by atoms with Crippen LogP contribution in [0.5, 0.6) is 5.75 Å². The van der Waals surface area contributed by atoms with Crippen molar-refractivity contribution in [2.45, 2.75) is 0 Å². The van der Waals surface area contributed by atoms with Crippen molar-refractivity contribution < 1.29 is 9.53 Å². The number of hydrogen-bond acceptors (Lipinski definition) is 6. The Bertz CT molecular complexity index is 1060. The highest BCUT2D eigenvalue weighted by molar-refractivity contribution is 6.07. The number of methoxy groups -OCH3 is 1. The molecule has 2 heterocycles. The van der Waals surface area contributed by atoms with E-state index >= 15 is 0 Å². The third-order valence-electron chi connectivity index (χ3n) is 5.25. The lowest BCUT2D eigenvalue weighted by atomic mass is 10.1. The van der Waals surface area contributed by atoms with Crippen LogP contribution in [-0.2, 0) is 0 Å². The molecule has 0 bridgehead atoms. The molecule has 1 N–H and O–H groups in total. The number of ether oxygens (including phenoxy) is 1. The monoisotopic (exact) mass is 403 g/mol. The van der Waals surface area contributed by atoms with Gasteiger partial charge in [0.1, 0.15) is 11.6 Å². The van der Waals surface area contributed by atoms with Gasteiger partial charge in [-0.2, -0.15) is 5.10 Å². The molecule has 154 valence electrons. The van der Waals surface area contributed by atoms with Gasteiger partial charge in [0.2, 0.25) is 0 Å². The minimum atomic E-state index is 0.0314. The van der Waals surface area contributed by atoms with E-state index in [9.17, 15) is 4.79 Å². The zero-order chi connectivity index (χ0) is 20.9. The predicted molar refractivity (Wildman–Crippen MR) is 119 cm³/mol. The number of anilines is 1. The van der Waals surface area contributed by atoms with Crippen LogP contribution in [0.4, 0.5) is 5.82 Å². The third kappa shape index (κ3) is 4.41. The summed E-state index contributed by atoms with van der Waals surface area (Å²) in [6.07, 6.45) is 1.71. The van der Waals surface area contributed by atoms with E-state index in [-0.39, 0.29) is 5.91 Å². The highest BCUT2D eigenvalue weighted by Gasteiger charge is 2.22. The molecule has 30 heavy (non-hydrogen) atoms. The first-order chi connectivity index (χ1) is 14.6.